The smallest absolute Gasteiger partial charge is 0.324 e. The lowest BCUT2D eigenvalue weighted by Gasteiger charge is -2.16. The van der Waals surface area contributed by atoms with Crippen LogP contribution < -0.4 is 5.73 Å². The number of hydrogen-bond acceptors (Lipinski definition) is 1. The van der Waals surface area contributed by atoms with E-state index in [2.05, 4.69) is 0 Å². The molecule has 1 unspecified atom stereocenters. The number of benzene rings is 1. The van der Waals surface area contributed by atoms with Crippen molar-refractivity contribution in [2.75, 3.05) is 0 Å². The molecule has 0 aromatic heterocycles. The molecule has 15 heavy (non-hydrogen) atoms. The van der Waals surface area contributed by atoms with E-state index >= 15 is 0 Å². The number of nitrogens with two attached hydrogens (primary N) is 1. The Balaban J connectivity index is 2.96. The van der Waals surface area contributed by atoms with Crippen molar-refractivity contribution in [1.82, 2.24) is 0 Å². The zero-order chi connectivity index (χ0) is 11.6. The third-order valence-electron chi connectivity index (χ3n) is 1.82. The molecular weight excluding hydrogens is 250 g/mol. The minimum atomic E-state index is -4.33. The number of rotatable bonds is 2. The lowest BCUT2D eigenvalue weighted by atomic mass is 10.0. The highest BCUT2D eigenvalue weighted by Gasteiger charge is 2.32. The molecule has 2 N–H and O–H groups in total. The summed E-state index contributed by atoms with van der Waals surface area (Å²) < 4.78 is 36.3. The van der Waals surface area contributed by atoms with E-state index in [0.29, 0.717) is 0 Å². The van der Waals surface area contributed by atoms with E-state index in [4.69, 9.17) is 28.9 Å². The normalized spacial score (nSPS) is 14.0. The van der Waals surface area contributed by atoms with Crippen LogP contribution in [-0.4, -0.2) is 6.18 Å². The van der Waals surface area contributed by atoms with Crippen molar-refractivity contribution in [3.63, 3.8) is 0 Å². The van der Waals surface area contributed by atoms with Crippen LogP contribution in [0.1, 0.15) is 18.0 Å². The fraction of sp³-hybridized carbons (Fsp3) is 0.333. The van der Waals surface area contributed by atoms with Crippen molar-refractivity contribution in [1.29, 1.82) is 0 Å². The molecule has 0 heterocycles. The first-order valence-corrected chi connectivity index (χ1v) is 4.83. The standard InChI is InChI=1S/C9H8Cl2F3N/c10-5-2-1-3-6(11)8(5)7(15)4-9(12,13)14/h1-3,7H,4,15H2. The van der Waals surface area contributed by atoms with Gasteiger partial charge in [-0.25, -0.2) is 0 Å². The van der Waals surface area contributed by atoms with E-state index < -0.39 is 18.6 Å². The summed E-state index contributed by atoms with van der Waals surface area (Å²) in [6.45, 7) is 0. The van der Waals surface area contributed by atoms with Crippen LogP contribution in [-0.2, 0) is 0 Å². The number of halogens is 5. The van der Waals surface area contributed by atoms with Gasteiger partial charge in [-0.15, -0.1) is 0 Å². The molecular formula is C9H8Cl2F3N. The molecule has 0 saturated heterocycles. The maximum atomic E-state index is 12.1. The summed E-state index contributed by atoms with van der Waals surface area (Å²) in [5.74, 6) is 0. The Hall–Kier alpha value is -0.450. The fourth-order valence-corrected chi connectivity index (χ4v) is 1.89. The topological polar surface area (TPSA) is 26.0 Å². The van der Waals surface area contributed by atoms with Crippen LogP contribution in [0.5, 0.6) is 0 Å². The van der Waals surface area contributed by atoms with Crippen molar-refractivity contribution >= 4 is 23.2 Å². The monoisotopic (exact) mass is 257 g/mol. The molecule has 0 radical (unpaired) electrons. The molecule has 1 atom stereocenters. The lowest BCUT2D eigenvalue weighted by Crippen LogP contribution is -2.20. The predicted molar refractivity (Wildman–Crippen MR) is 54.1 cm³/mol. The van der Waals surface area contributed by atoms with Crippen molar-refractivity contribution in [3.8, 4) is 0 Å². The third kappa shape index (κ3) is 3.55. The highest BCUT2D eigenvalue weighted by atomic mass is 35.5. The molecule has 1 aromatic rings. The summed E-state index contributed by atoms with van der Waals surface area (Å²) in [5.41, 5.74) is 5.53. The first-order chi connectivity index (χ1) is 6.81. The molecule has 84 valence electrons. The second-order valence-corrected chi connectivity index (χ2v) is 3.88. The van der Waals surface area contributed by atoms with Gasteiger partial charge in [0.1, 0.15) is 0 Å². The molecule has 0 aliphatic rings. The molecule has 0 spiro atoms. The first kappa shape index (κ1) is 12.6. The minimum absolute atomic E-state index is 0.137. The van der Waals surface area contributed by atoms with Crippen LogP contribution in [0.4, 0.5) is 13.2 Å². The Morgan fingerprint density at radius 1 is 1.20 bits per heavy atom. The molecule has 0 aliphatic carbocycles. The van der Waals surface area contributed by atoms with Crippen LogP contribution in [0.15, 0.2) is 18.2 Å². The lowest BCUT2D eigenvalue weighted by molar-refractivity contribution is -0.138. The van der Waals surface area contributed by atoms with Crippen LogP contribution >= 0.6 is 23.2 Å². The van der Waals surface area contributed by atoms with Gasteiger partial charge < -0.3 is 5.73 Å². The summed E-state index contributed by atoms with van der Waals surface area (Å²) >= 11 is 11.4. The molecule has 0 amide bonds. The maximum Gasteiger partial charge on any atom is 0.390 e. The third-order valence-corrected chi connectivity index (χ3v) is 2.48. The average molecular weight is 258 g/mol. The van der Waals surface area contributed by atoms with Gasteiger partial charge in [0.05, 0.1) is 6.42 Å². The summed E-state index contributed by atoms with van der Waals surface area (Å²) in [4.78, 5) is 0. The molecule has 1 rings (SSSR count). The largest absolute Gasteiger partial charge is 0.390 e. The molecule has 1 nitrogen and oxygen atoms in total. The maximum absolute atomic E-state index is 12.1. The average Bonchev–Trinajstić information content (AvgIpc) is 1.99. The van der Waals surface area contributed by atoms with Gasteiger partial charge in [-0.1, -0.05) is 29.3 Å². The summed E-state index contributed by atoms with van der Waals surface area (Å²) in [6, 6.07) is 3.23. The van der Waals surface area contributed by atoms with Crippen LogP contribution in [0.25, 0.3) is 0 Å². The van der Waals surface area contributed by atoms with Crippen LogP contribution in [0.2, 0.25) is 10.0 Å². The predicted octanol–water partition coefficient (Wildman–Crippen LogP) is 3.95. The van der Waals surface area contributed by atoms with Gasteiger partial charge in [0, 0.05) is 21.7 Å². The summed E-state index contributed by atoms with van der Waals surface area (Å²) in [7, 11) is 0. The Kier molecular flexibility index (Phi) is 3.87. The van der Waals surface area contributed by atoms with Gasteiger partial charge in [-0.3, -0.25) is 0 Å². The highest BCUT2D eigenvalue weighted by molar-refractivity contribution is 6.36. The van der Waals surface area contributed by atoms with Gasteiger partial charge in [-0.05, 0) is 12.1 Å². The zero-order valence-corrected chi connectivity index (χ0v) is 9.00. The van der Waals surface area contributed by atoms with E-state index in [1.165, 1.54) is 12.1 Å². The van der Waals surface area contributed by atoms with Crippen molar-refractivity contribution in [3.05, 3.63) is 33.8 Å². The summed E-state index contributed by atoms with van der Waals surface area (Å²) in [6.07, 6.45) is -5.47. The van der Waals surface area contributed by atoms with Gasteiger partial charge in [-0.2, -0.15) is 13.2 Å². The molecule has 1 aromatic carbocycles. The number of hydrogen-bond donors (Lipinski definition) is 1. The molecule has 0 bridgehead atoms. The second kappa shape index (κ2) is 4.60. The molecule has 0 saturated carbocycles. The van der Waals surface area contributed by atoms with E-state index in [1.54, 1.807) is 6.07 Å². The minimum Gasteiger partial charge on any atom is -0.324 e. The Morgan fingerprint density at radius 2 is 1.67 bits per heavy atom. The van der Waals surface area contributed by atoms with E-state index in [1.807, 2.05) is 0 Å². The number of alkyl halides is 3. The molecule has 0 aliphatic heterocycles. The highest BCUT2D eigenvalue weighted by Crippen LogP contribution is 2.35. The fourth-order valence-electron chi connectivity index (χ4n) is 1.22. The van der Waals surface area contributed by atoms with Crippen LogP contribution in [0, 0.1) is 0 Å². The van der Waals surface area contributed by atoms with Gasteiger partial charge in [0.15, 0.2) is 0 Å². The van der Waals surface area contributed by atoms with Crippen molar-refractivity contribution < 1.29 is 13.2 Å². The Labute approximate surface area is 95.0 Å². The SMILES string of the molecule is NC(CC(F)(F)F)c1c(Cl)cccc1Cl. The van der Waals surface area contributed by atoms with Gasteiger partial charge in [0.25, 0.3) is 0 Å². The van der Waals surface area contributed by atoms with E-state index in [9.17, 15) is 13.2 Å². The van der Waals surface area contributed by atoms with Crippen molar-refractivity contribution in [2.45, 2.75) is 18.6 Å². The Bertz CT molecular complexity index is 331. The first-order valence-electron chi connectivity index (χ1n) is 4.07. The summed E-state index contributed by atoms with van der Waals surface area (Å²) in [5, 5.41) is 0.304. The zero-order valence-electron chi connectivity index (χ0n) is 7.48. The van der Waals surface area contributed by atoms with Gasteiger partial charge in [0.2, 0.25) is 0 Å². The van der Waals surface area contributed by atoms with E-state index in [-0.39, 0.29) is 15.6 Å². The quantitative estimate of drug-likeness (QED) is 0.853. The van der Waals surface area contributed by atoms with Gasteiger partial charge >= 0.3 is 6.18 Å². The van der Waals surface area contributed by atoms with Crippen molar-refractivity contribution in [2.24, 2.45) is 5.73 Å². The Morgan fingerprint density at radius 3 is 2.07 bits per heavy atom. The molecule has 6 heteroatoms. The second-order valence-electron chi connectivity index (χ2n) is 3.06. The molecule has 0 fully saturated rings. The van der Waals surface area contributed by atoms with E-state index in [0.717, 1.165) is 0 Å². The van der Waals surface area contributed by atoms with Crippen LogP contribution in [0.3, 0.4) is 0 Å².